The lowest BCUT2D eigenvalue weighted by molar-refractivity contribution is 0.0954. The number of hydrogen-bond donors (Lipinski definition) is 2. The Morgan fingerprint density at radius 2 is 1.91 bits per heavy atom. The van der Waals surface area contributed by atoms with Crippen LogP contribution in [0.2, 0.25) is 0 Å². The third kappa shape index (κ3) is 3.76. The molecule has 0 heterocycles. The summed E-state index contributed by atoms with van der Waals surface area (Å²) >= 11 is 0. The number of benzene rings is 2. The fraction of sp³-hybridized carbons (Fsp3) is 0.125. The van der Waals surface area contributed by atoms with Gasteiger partial charge in [-0.1, -0.05) is 12.1 Å². The summed E-state index contributed by atoms with van der Waals surface area (Å²) < 4.78 is 10.3. The summed E-state index contributed by atoms with van der Waals surface area (Å²) in [5, 5.41) is 13.2. The van der Waals surface area contributed by atoms with Gasteiger partial charge in [0.15, 0.2) is 11.5 Å². The zero-order chi connectivity index (χ0) is 15.9. The molecule has 0 aliphatic heterocycles. The molecular weight excluding hydrogens is 284 g/mol. The van der Waals surface area contributed by atoms with Crippen molar-refractivity contribution in [3.63, 3.8) is 0 Å². The molecule has 2 aromatic carbocycles. The van der Waals surface area contributed by atoms with Crippen molar-refractivity contribution in [1.29, 1.82) is 0 Å². The predicted octanol–water partition coefficient (Wildman–Crippen LogP) is 2.17. The van der Waals surface area contributed by atoms with Crippen molar-refractivity contribution in [2.45, 2.75) is 0 Å². The molecule has 6 heteroatoms. The third-order valence-corrected chi connectivity index (χ3v) is 2.90. The number of ether oxygens (including phenoxy) is 2. The second kappa shape index (κ2) is 7.12. The van der Waals surface area contributed by atoms with E-state index in [1.165, 1.54) is 26.5 Å². The topological polar surface area (TPSA) is 80.2 Å². The van der Waals surface area contributed by atoms with E-state index in [1.54, 1.807) is 36.4 Å². The largest absolute Gasteiger partial charge is 0.508 e. The number of hydrazone groups is 1. The molecule has 0 fully saturated rings. The van der Waals surface area contributed by atoms with Crippen molar-refractivity contribution in [3.05, 3.63) is 53.6 Å². The van der Waals surface area contributed by atoms with Crippen LogP contribution in [0.25, 0.3) is 0 Å². The van der Waals surface area contributed by atoms with E-state index >= 15 is 0 Å². The van der Waals surface area contributed by atoms with E-state index in [0.29, 0.717) is 22.6 Å². The highest BCUT2D eigenvalue weighted by molar-refractivity contribution is 5.95. The third-order valence-electron chi connectivity index (χ3n) is 2.90. The molecule has 6 nitrogen and oxygen atoms in total. The van der Waals surface area contributed by atoms with Crippen molar-refractivity contribution < 1.29 is 19.4 Å². The van der Waals surface area contributed by atoms with Gasteiger partial charge in [-0.05, 0) is 35.9 Å². The maximum absolute atomic E-state index is 12.0. The summed E-state index contributed by atoms with van der Waals surface area (Å²) in [6.07, 6.45) is 1.44. The van der Waals surface area contributed by atoms with Crippen LogP contribution < -0.4 is 14.9 Å². The van der Waals surface area contributed by atoms with E-state index < -0.39 is 0 Å². The number of carbonyl (C=O) groups is 1. The molecule has 0 aliphatic rings. The number of carbonyl (C=O) groups excluding carboxylic acids is 1. The lowest BCUT2D eigenvalue weighted by atomic mass is 10.2. The molecule has 0 aliphatic carbocycles. The minimum absolute atomic E-state index is 0.134. The standard InChI is InChI=1S/C16H16N2O4/c1-21-14-7-6-12(9-15(14)22-2)16(20)18-17-10-11-4-3-5-13(19)8-11/h3-10,19H,1-2H3,(H,18,20)/b17-10-. The Labute approximate surface area is 128 Å². The van der Waals surface area contributed by atoms with Crippen molar-refractivity contribution in [2.75, 3.05) is 14.2 Å². The van der Waals surface area contributed by atoms with Crippen LogP contribution in [0.4, 0.5) is 0 Å². The molecule has 0 atom stereocenters. The van der Waals surface area contributed by atoms with Gasteiger partial charge in [-0.3, -0.25) is 4.79 Å². The van der Waals surface area contributed by atoms with Crippen LogP contribution in [-0.4, -0.2) is 31.4 Å². The van der Waals surface area contributed by atoms with Crippen LogP contribution >= 0.6 is 0 Å². The Morgan fingerprint density at radius 3 is 2.59 bits per heavy atom. The monoisotopic (exact) mass is 300 g/mol. The molecule has 1 amide bonds. The highest BCUT2D eigenvalue weighted by Gasteiger charge is 2.09. The molecule has 0 unspecified atom stereocenters. The molecule has 0 bridgehead atoms. The van der Waals surface area contributed by atoms with E-state index in [-0.39, 0.29) is 11.7 Å². The van der Waals surface area contributed by atoms with Gasteiger partial charge in [0.25, 0.3) is 5.91 Å². The van der Waals surface area contributed by atoms with Crippen molar-refractivity contribution in [2.24, 2.45) is 5.10 Å². The van der Waals surface area contributed by atoms with Gasteiger partial charge in [0.05, 0.1) is 20.4 Å². The van der Waals surface area contributed by atoms with Crippen LogP contribution in [0.3, 0.4) is 0 Å². The van der Waals surface area contributed by atoms with Gasteiger partial charge >= 0.3 is 0 Å². The molecule has 2 aromatic rings. The maximum atomic E-state index is 12.0. The number of nitrogens with one attached hydrogen (secondary N) is 1. The summed E-state index contributed by atoms with van der Waals surface area (Å²) in [5.41, 5.74) is 3.48. The van der Waals surface area contributed by atoms with Crippen LogP contribution in [0, 0.1) is 0 Å². The average Bonchev–Trinajstić information content (AvgIpc) is 2.54. The molecule has 22 heavy (non-hydrogen) atoms. The quantitative estimate of drug-likeness (QED) is 0.655. The van der Waals surface area contributed by atoms with Gasteiger partial charge in [0.1, 0.15) is 5.75 Å². The smallest absolute Gasteiger partial charge is 0.271 e. The molecule has 0 radical (unpaired) electrons. The summed E-state index contributed by atoms with van der Waals surface area (Å²) in [7, 11) is 3.02. The SMILES string of the molecule is COc1ccc(C(=O)N/N=C\c2cccc(O)c2)cc1OC. The number of methoxy groups -OCH3 is 2. The van der Waals surface area contributed by atoms with E-state index in [1.807, 2.05) is 0 Å². The number of aromatic hydroxyl groups is 1. The summed E-state index contributed by atoms with van der Waals surface area (Å²) in [4.78, 5) is 12.0. The zero-order valence-electron chi connectivity index (χ0n) is 12.2. The molecule has 2 rings (SSSR count). The van der Waals surface area contributed by atoms with Crippen LogP contribution in [0.1, 0.15) is 15.9 Å². The van der Waals surface area contributed by atoms with Crippen LogP contribution in [0.15, 0.2) is 47.6 Å². The Hall–Kier alpha value is -3.02. The molecule has 0 spiro atoms. The first-order valence-electron chi connectivity index (χ1n) is 6.48. The molecule has 0 saturated heterocycles. The average molecular weight is 300 g/mol. The first kappa shape index (κ1) is 15.4. The fourth-order valence-corrected chi connectivity index (χ4v) is 1.81. The number of hydrogen-bond acceptors (Lipinski definition) is 5. The maximum Gasteiger partial charge on any atom is 0.271 e. The van der Waals surface area contributed by atoms with Crippen molar-refractivity contribution >= 4 is 12.1 Å². The van der Waals surface area contributed by atoms with Gasteiger partial charge in [0.2, 0.25) is 0 Å². The van der Waals surface area contributed by atoms with E-state index in [9.17, 15) is 9.90 Å². The first-order chi connectivity index (χ1) is 10.6. The van der Waals surface area contributed by atoms with Gasteiger partial charge in [-0.15, -0.1) is 0 Å². The van der Waals surface area contributed by atoms with Gasteiger partial charge < -0.3 is 14.6 Å². The second-order valence-corrected chi connectivity index (χ2v) is 4.36. The summed E-state index contributed by atoms with van der Waals surface area (Å²) in [6.45, 7) is 0. The Morgan fingerprint density at radius 1 is 1.14 bits per heavy atom. The molecule has 2 N–H and O–H groups in total. The molecular formula is C16H16N2O4. The lowest BCUT2D eigenvalue weighted by Crippen LogP contribution is -2.17. The predicted molar refractivity (Wildman–Crippen MR) is 82.7 cm³/mol. The van der Waals surface area contributed by atoms with E-state index in [4.69, 9.17) is 9.47 Å². The van der Waals surface area contributed by atoms with Crippen LogP contribution in [-0.2, 0) is 0 Å². The van der Waals surface area contributed by atoms with Crippen molar-refractivity contribution in [1.82, 2.24) is 5.43 Å². The van der Waals surface area contributed by atoms with Crippen molar-refractivity contribution in [3.8, 4) is 17.2 Å². The normalized spacial score (nSPS) is 10.5. The Balaban J connectivity index is 2.06. The summed E-state index contributed by atoms with van der Waals surface area (Å²) in [5.74, 6) is 0.766. The number of phenolic OH excluding ortho intramolecular Hbond substituents is 1. The van der Waals surface area contributed by atoms with Gasteiger partial charge in [-0.2, -0.15) is 5.10 Å². The van der Waals surface area contributed by atoms with Crippen LogP contribution in [0.5, 0.6) is 17.2 Å². The lowest BCUT2D eigenvalue weighted by Gasteiger charge is -2.08. The fourth-order valence-electron chi connectivity index (χ4n) is 1.81. The second-order valence-electron chi connectivity index (χ2n) is 4.36. The minimum atomic E-state index is -0.377. The molecule has 0 saturated carbocycles. The number of phenols is 1. The van der Waals surface area contributed by atoms with Gasteiger partial charge in [0, 0.05) is 5.56 Å². The highest BCUT2D eigenvalue weighted by Crippen LogP contribution is 2.27. The Bertz CT molecular complexity index is 698. The number of nitrogens with zero attached hydrogens (tertiary/aromatic N) is 1. The van der Waals surface area contributed by atoms with E-state index in [0.717, 1.165) is 0 Å². The minimum Gasteiger partial charge on any atom is -0.508 e. The summed E-state index contributed by atoms with van der Waals surface area (Å²) in [6, 6.07) is 11.4. The van der Waals surface area contributed by atoms with Gasteiger partial charge in [-0.25, -0.2) is 5.43 Å². The zero-order valence-corrected chi connectivity index (χ0v) is 12.2. The molecule has 114 valence electrons. The van der Waals surface area contributed by atoms with E-state index in [2.05, 4.69) is 10.5 Å². The highest BCUT2D eigenvalue weighted by atomic mass is 16.5. The molecule has 0 aromatic heterocycles. The number of rotatable bonds is 5. The number of amides is 1. The Kier molecular flexibility index (Phi) is 4.98. The first-order valence-corrected chi connectivity index (χ1v) is 6.48.